The van der Waals surface area contributed by atoms with Crippen LogP contribution < -0.4 is 0 Å². The summed E-state index contributed by atoms with van der Waals surface area (Å²) in [5.41, 5.74) is 1.32. The first kappa shape index (κ1) is 15.5. The van der Waals surface area contributed by atoms with Crippen LogP contribution in [0.3, 0.4) is 0 Å². The minimum absolute atomic E-state index is 0.173. The van der Waals surface area contributed by atoms with E-state index in [1.165, 1.54) is 5.56 Å². The lowest BCUT2D eigenvalue weighted by Crippen LogP contribution is -2.39. The van der Waals surface area contributed by atoms with Gasteiger partial charge < -0.3 is 9.64 Å². The smallest absolute Gasteiger partial charge is 0.409 e. The zero-order valence-corrected chi connectivity index (χ0v) is 12.3. The molecule has 0 saturated carbocycles. The molecular formula is C16H25NO2. The average molecular weight is 263 g/mol. The van der Waals surface area contributed by atoms with Crippen molar-refractivity contribution in [3.8, 4) is 0 Å². The van der Waals surface area contributed by atoms with Crippen molar-refractivity contribution in [3.05, 3.63) is 35.9 Å². The van der Waals surface area contributed by atoms with Crippen molar-refractivity contribution in [2.24, 2.45) is 0 Å². The summed E-state index contributed by atoms with van der Waals surface area (Å²) in [6.45, 7) is 7.90. The molecule has 1 aliphatic heterocycles. The zero-order chi connectivity index (χ0) is 14.1. The number of benzene rings is 1. The maximum absolute atomic E-state index is 11.7. The van der Waals surface area contributed by atoms with Gasteiger partial charge in [0.25, 0.3) is 0 Å². The Kier molecular flexibility index (Phi) is 7.01. The van der Waals surface area contributed by atoms with Crippen LogP contribution in [0, 0.1) is 0 Å². The molecule has 19 heavy (non-hydrogen) atoms. The minimum Gasteiger partial charge on any atom is -0.450 e. The fourth-order valence-electron chi connectivity index (χ4n) is 2.36. The third kappa shape index (κ3) is 4.58. The molecule has 0 aromatic heterocycles. The summed E-state index contributed by atoms with van der Waals surface area (Å²) >= 11 is 0. The molecule has 0 bridgehead atoms. The van der Waals surface area contributed by atoms with E-state index in [0.717, 1.165) is 25.9 Å². The van der Waals surface area contributed by atoms with Crippen molar-refractivity contribution >= 4 is 6.09 Å². The van der Waals surface area contributed by atoms with Gasteiger partial charge in [0.2, 0.25) is 0 Å². The zero-order valence-electron chi connectivity index (χ0n) is 12.3. The fourth-order valence-corrected chi connectivity index (χ4v) is 2.36. The van der Waals surface area contributed by atoms with Crippen LogP contribution >= 0.6 is 0 Å². The highest BCUT2D eigenvalue weighted by Crippen LogP contribution is 2.26. The van der Waals surface area contributed by atoms with E-state index >= 15 is 0 Å². The van der Waals surface area contributed by atoms with Gasteiger partial charge in [-0.3, -0.25) is 0 Å². The molecule has 1 fully saturated rings. The number of rotatable bonds is 2. The highest BCUT2D eigenvalue weighted by atomic mass is 16.6. The highest BCUT2D eigenvalue weighted by Gasteiger charge is 2.25. The number of amides is 1. The molecule has 106 valence electrons. The summed E-state index contributed by atoms with van der Waals surface area (Å²) in [5, 5.41) is 0. The number of ether oxygens (including phenoxy) is 1. The summed E-state index contributed by atoms with van der Waals surface area (Å²) in [5.74, 6) is 0.453. The van der Waals surface area contributed by atoms with Crippen molar-refractivity contribution < 1.29 is 9.53 Å². The van der Waals surface area contributed by atoms with Crippen molar-refractivity contribution in [1.29, 1.82) is 0 Å². The molecule has 0 radical (unpaired) electrons. The normalized spacial score (nSPS) is 18.3. The van der Waals surface area contributed by atoms with Gasteiger partial charge >= 0.3 is 6.09 Å². The Bertz CT molecular complexity index is 364. The van der Waals surface area contributed by atoms with Gasteiger partial charge in [-0.2, -0.15) is 0 Å². The summed E-state index contributed by atoms with van der Waals surface area (Å²) < 4.78 is 5.05. The van der Waals surface area contributed by atoms with Gasteiger partial charge in [-0.05, 0) is 25.3 Å². The second kappa shape index (κ2) is 8.57. The van der Waals surface area contributed by atoms with E-state index in [1.54, 1.807) is 0 Å². The molecule has 1 atom stereocenters. The van der Waals surface area contributed by atoms with Crippen LogP contribution in [0.5, 0.6) is 0 Å². The number of nitrogens with zero attached hydrogens (tertiary/aromatic N) is 1. The lowest BCUT2D eigenvalue weighted by Gasteiger charge is -2.32. The maximum Gasteiger partial charge on any atom is 0.409 e. The van der Waals surface area contributed by atoms with E-state index < -0.39 is 0 Å². The number of piperidine rings is 1. The molecule has 0 spiro atoms. The van der Waals surface area contributed by atoms with Crippen molar-refractivity contribution in [1.82, 2.24) is 4.90 Å². The first-order chi connectivity index (χ1) is 9.31. The number of hydrogen-bond acceptors (Lipinski definition) is 2. The molecule has 1 unspecified atom stereocenters. The van der Waals surface area contributed by atoms with Gasteiger partial charge in [-0.1, -0.05) is 44.2 Å². The van der Waals surface area contributed by atoms with Gasteiger partial charge in [-0.15, -0.1) is 0 Å². The van der Waals surface area contributed by atoms with E-state index in [-0.39, 0.29) is 6.09 Å². The van der Waals surface area contributed by atoms with Gasteiger partial charge in [0.05, 0.1) is 6.61 Å². The van der Waals surface area contributed by atoms with Crippen LogP contribution in [-0.4, -0.2) is 30.7 Å². The first-order valence-electron chi connectivity index (χ1n) is 7.28. The van der Waals surface area contributed by atoms with Crippen LogP contribution in [-0.2, 0) is 4.74 Å². The molecule has 1 amide bonds. The highest BCUT2D eigenvalue weighted by molar-refractivity contribution is 5.67. The van der Waals surface area contributed by atoms with E-state index in [0.29, 0.717) is 12.5 Å². The maximum atomic E-state index is 11.7. The molecule has 3 heteroatoms. The monoisotopic (exact) mass is 263 g/mol. The van der Waals surface area contributed by atoms with Gasteiger partial charge in [0, 0.05) is 19.0 Å². The van der Waals surface area contributed by atoms with Gasteiger partial charge in [0.1, 0.15) is 0 Å². The first-order valence-corrected chi connectivity index (χ1v) is 7.28. The van der Waals surface area contributed by atoms with Crippen LogP contribution in [0.15, 0.2) is 30.3 Å². The summed E-state index contributed by atoms with van der Waals surface area (Å²) in [6.07, 6.45) is 2.03. The number of hydrogen-bond donors (Lipinski definition) is 0. The Labute approximate surface area is 116 Å². The van der Waals surface area contributed by atoms with Crippen molar-refractivity contribution in [2.75, 3.05) is 19.7 Å². The molecule has 1 heterocycles. The summed E-state index contributed by atoms with van der Waals surface area (Å²) in [7, 11) is 0. The van der Waals surface area contributed by atoms with Crippen molar-refractivity contribution in [3.63, 3.8) is 0 Å². The fraction of sp³-hybridized carbons (Fsp3) is 0.562. The lowest BCUT2D eigenvalue weighted by molar-refractivity contribution is 0.0958. The predicted molar refractivity (Wildman–Crippen MR) is 78.4 cm³/mol. The van der Waals surface area contributed by atoms with Crippen molar-refractivity contribution in [2.45, 2.75) is 39.5 Å². The molecule has 1 aromatic rings. The molecule has 2 rings (SSSR count). The Morgan fingerprint density at radius 1 is 1.32 bits per heavy atom. The molecule has 1 saturated heterocycles. The minimum atomic E-state index is -0.173. The average Bonchev–Trinajstić information content (AvgIpc) is 2.50. The topological polar surface area (TPSA) is 29.5 Å². The van der Waals surface area contributed by atoms with E-state index in [1.807, 2.05) is 31.7 Å². The number of carbonyl (C=O) groups excluding carboxylic acids is 1. The summed E-state index contributed by atoms with van der Waals surface area (Å²) in [4.78, 5) is 13.5. The molecule has 0 N–H and O–H groups in total. The Morgan fingerprint density at radius 2 is 2.00 bits per heavy atom. The van der Waals surface area contributed by atoms with Crippen LogP contribution in [0.25, 0.3) is 0 Å². The second-order valence-corrected chi connectivity index (χ2v) is 4.39. The van der Waals surface area contributed by atoms with Crippen LogP contribution in [0.2, 0.25) is 0 Å². The Balaban J connectivity index is 0.000000861. The lowest BCUT2D eigenvalue weighted by atomic mass is 9.91. The predicted octanol–water partition coefficient (Wildman–Crippen LogP) is 4.05. The Morgan fingerprint density at radius 3 is 2.63 bits per heavy atom. The van der Waals surface area contributed by atoms with Crippen LogP contribution in [0.1, 0.15) is 45.1 Å². The molecule has 1 aromatic carbocycles. The summed E-state index contributed by atoms with van der Waals surface area (Å²) in [6, 6.07) is 10.4. The van der Waals surface area contributed by atoms with Crippen LogP contribution in [0.4, 0.5) is 4.79 Å². The van der Waals surface area contributed by atoms with E-state index in [2.05, 4.69) is 24.3 Å². The van der Waals surface area contributed by atoms with E-state index in [4.69, 9.17) is 4.74 Å². The van der Waals surface area contributed by atoms with Gasteiger partial charge in [-0.25, -0.2) is 4.79 Å². The standard InChI is InChI=1S/C14H19NO2.C2H6/c1-2-17-14(16)15-10-6-9-13(11-15)12-7-4-3-5-8-12;1-2/h3-5,7-8,13H,2,6,9-11H2,1H3;1-2H3. The second-order valence-electron chi connectivity index (χ2n) is 4.39. The largest absolute Gasteiger partial charge is 0.450 e. The SMILES string of the molecule is CC.CCOC(=O)N1CCCC(c2ccccc2)C1. The van der Waals surface area contributed by atoms with Gasteiger partial charge in [0.15, 0.2) is 0 Å². The number of likely N-dealkylation sites (tertiary alicyclic amines) is 1. The number of carbonyl (C=O) groups is 1. The van der Waals surface area contributed by atoms with E-state index in [9.17, 15) is 4.79 Å². The molecule has 1 aliphatic rings. The third-order valence-corrected chi connectivity index (χ3v) is 3.22. The molecule has 3 nitrogen and oxygen atoms in total. The third-order valence-electron chi connectivity index (χ3n) is 3.22. The quantitative estimate of drug-likeness (QED) is 0.805. The molecular weight excluding hydrogens is 238 g/mol. The Hall–Kier alpha value is -1.51. The molecule has 0 aliphatic carbocycles.